The summed E-state index contributed by atoms with van der Waals surface area (Å²) in [5, 5.41) is 0. The van der Waals surface area contributed by atoms with Crippen molar-refractivity contribution in [3.05, 3.63) is 20.8 Å². The standard InChI is InChI=1S/C15H25N5O3/c1-3-4-9-20-13(16)12(14(22)17-15(20)23)18(2)10-11(21)19-7-5-6-8-19/h3-10,16H2,1-2H3,(H,17,22,23). The van der Waals surface area contributed by atoms with E-state index < -0.39 is 11.2 Å². The van der Waals surface area contributed by atoms with E-state index >= 15 is 0 Å². The Labute approximate surface area is 134 Å². The molecule has 1 fully saturated rings. The highest BCUT2D eigenvalue weighted by Crippen LogP contribution is 2.16. The van der Waals surface area contributed by atoms with Crippen LogP contribution < -0.4 is 21.9 Å². The van der Waals surface area contributed by atoms with Crippen LogP contribution in [-0.2, 0) is 11.3 Å². The zero-order valence-electron chi connectivity index (χ0n) is 13.8. The number of likely N-dealkylation sites (N-methyl/N-ethyl adjacent to an activating group) is 1. The largest absolute Gasteiger partial charge is 0.383 e. The molecule has 1 saturated heterocycles. The zero-order chi connectivity index (χ0) is 17.0. The summed E-state index contributed by atoms with van der Waals surface area (Å²) in [6.45, 7) is 4.04. The van der Waals surface area contributed by atoms with Gasteiger partial charge in [-0.1, -0.05) is 13.3 Å². The van der Waals surface area contributed by atoms with Gasteiger partial charge in [-0.3, -0.25) is 19.1 Å². The zero-order valence-corrected chi connectivity index (χ0v) is 13.8. The minimum absolute atomic E-state index is 0.0323. The second-order valence-corrected chi connectivity index (χ2v) is 5.94. The van der Waals surface area contributed by atoms with Crippen LogP contribution in [0.3, 0.4) is 0 Å². The molecule has 0 aromatic carbocycles. The Balaban J connectivity index is 2.24. The summed E-state index contributed by atoms with van der Waals surface area (Å²) in [5.74, 6) is 0.0824. The molecule has 0 saturated carbocycles. The molecule has 1 aliphatic rings. The first-order chi connectivity index (χ1) is 11.0. The van der Waals surface area contributed by atoms with E-state index in [-0.39, 0.29) is 24.0 Å². The predicted molar refractivity (Wildman–Crippen MR) is 89.7 cm³/mol. The fraction of sp³-hybridized carbons (Fsp3) is 0.667. The van der Waals surface area contributed by atoms with Crippen LogP contribution in [-0.4, -0.2) is 47.0 Å². The molecule has 0 aliphatic carbocycles. The molecule has 0 unspecified atom stereocenters. The van der Waals surface area contributed by atoms with Crippen LogP contribution in [0.4, 0.5) is 11.5 Å². The van der Waals surface area contributed by atoms with Crippen LogP contribution in [0, 0.1) is 0 Å². The number of aromatic nitrogens is 2. The van der Waals surface area contributed by atoms with Crippen molar-refractivity contribution >= 4 is 17.4 Å². The van der Waals surface area contributed by atoms with E-state index in [0.29, 0.717) is 6.54 Å². The lowest BCUT2D eigenvalue weighted by Crippen LogP contribution is -2.42. The Morgan fingerprint density at radius 1 is 1.30 bits per heavy atom. The first-order valence-electron chi connectivity index (χ1n) is 8.07. The maximum Gasteiger partial charge on any atom is 0.330 e. The maximum absolute atomic E-state index is 12.2. The van der Waals surface area contributed by atoms with E-state index in [0.717, 1.165) is 38.8 Å². The molecule has 3 N–H and O–H groups in total. The number of amides is 1. The highest BCUT2D eigenvalue weighted by molar-refractivity contribution is 5.82. The number of hydrogen-bond donors (Lipinski definition) is 2. The Bertz CT molecular complexity index is 673. The number of aromatic amines is 1. The van der Waals surface area contributed by atoms with Crippen molar-refractivity contribution in [3.8, 4) is 0 Å². The number of nitrogen functional groups attached to an aromatic ring is 1. The van der Waals surface area contributed by atoms with Gasteiger partial charge in [0.2, 0.25) is 5.91 Å². The van der Waals surface area contributed by atoms with Gasteiger partial charge in [-0.25, -0.2) is 4.79 Å². The van der Waals surface area contributed by atoms with Gasteiger partial charge in [0.15, 0.2) is 0 Å². The van der Waals surface area contributed by atoms with Gasteiger partial charge >= 0.3 is 5.69 Å². The topological polar surface area (TPSA) is 104 Å². The molecular weight excluding hydrogens is 298 g/mol. The molecule has 2 heterocycles. The molecule has 0 bridgehead atoms. The molecule has 1 aromatic rings. The number of hydrogen-bond acceptors (Lipinski definition) is 5. The number of carbonyl (C=O) groups excluding carboxylic acids is 1. The third-order valence-corrected chi connectivity index (χ3v) is 4.16. The van der Waals surface area contributed by atoms with Gasteiger partial charge in [0.25, 0.3) is 5.56 Å². The quantitative estimate of drug-likeness (QED) is 0.765. The minimum atomic E-state index is -0.558. The number of nitrogens with one attached hydrogen (secondary N) is 1. The van der Waals surface area contributed by atoms with Crippen molar-refractivity contribution in [2.45, 2.75) is 39.2 Å². The normalized spacial score (nSPS) is 14.3. The van der Waals surface area contributed by atoms with Gasteiger partial charge in [0, 0.05) is 26.7 Å². The summed E-state index contributed by atoms with van der Waals surface area (Å²) in [5.41, 5.74) is 5.14. The van der Waals surface area contributed by atoms with E-state index in [2.05, 4.69) is 4.98 Å². The van der Waals surface area contributed by atoms with Crippen molar-refractivity contribution < 1.29 is 4.79 Å². The van der Waals surface area contributed by atoms with Crippen LogP contribution in [0.5, 0.6) is 0 Å². The fourth-order valence-corrected chi connectivity index (χ4v) is 2.83. The van der Waals surface area contributed by atoms with Gasteiger partial charge in [-0.05, 0) is 19.3 Å². The molecule has 2 rings (SSSR count). The second-order valence-electron chi connectivity index (χ2n) is 5.94. The van der Waals surface area contributed by atoms with E-state index in [1.807, 2.05) is 6.92 Å². The molecule has 1 aromatic heterocycles. The Hall–Kier alpha value is -2.25. The van der Waals surface area contributed by atoms with E-state index in [1.54, 1.807) is 11.9 Å². The fourth-order valence-electron chi connectivity index (χ4n) is 2.83. The van der Waals surface area contributed by atoms with Crippen LogP contribution in [0.15, 0.2) is 9.59 Å². The van der Waals surface area contributed by atoms with Crippen molar-refractivity contribution in [2.75, 3.05) is 37.3 Å². The third kappa shape index (κ3) is 3.75. The summed E-state index contributed by atoms with van der Waals surface area (Å²) in [6.07, 6.45) is 3.72. The van der Waals surface area contributed by atoms with Crippen molar-refractivity contribution in [1.82, 2.24) is 14.5 Å². The van der Waals surface area contributed by atoms with Gasteiger partial charge in [0.05, 0.1) is 6.54 Å². The average Bonchev–Trinajstić information content (AvgIpc) is 3.00. The van der Waals surface area contributed by atoms with Crippen LogP contribution in [0.1, 0.15) is 32.6 Å². The molecule has 23 heavy (non-hydrogen) atoms. The van der Waals surface area contributed by atoms with Gasteiger partial charge < -0.3 is 15.5 Å². The highest BCUT2D eigenvalue weighted by Gasteiger charge is 2.22. The number of unbranched alkanes of at least 4 members (excludes halogenated alkanes) is 1. The SMILES string of the molecule is CCCCn1c(N)c(N(C)CC(=O)N2CCCC2)c(=O)[nH]c1=O. The van der Waals surface area contributed by atoms with Crippen LogP contribution in [0.2, 0.25) is 0 Å². The van der Waals surface area contributed by atoms with Gasteiger partial charge in [-0.2, -0.15) is 0 Å². The van der Waals surface area contributed by atoms with Crippen LogP contribution >= 0.6 is 0 Å². The summed E-state index contributed by atoms with van der Waals surface area (Å²) in [4.78, 5) is 41.9. The lowest BCUT2D eigenvalue weighted by atomic mass is 10.3. The monoisotopic (exact) mass is 323 g/mol. The summed E-state index contributed by atoms with van der Waals surface area (Å²) >= 11 is 0. The van der Waals surface area contributed by atoms with Crippen molar-refractivity contribution in [2.24, 2.45) is 0 Å². The predicted octanol–water partition coefficient (Wildman–Crippen LogP) is -0.0225. The number of rotatable bonds is 6. The summed E-state index contributed by atoms with van der Waals surface area (Å²) in [6, 6.07) is 0. The Morgan fingerprint density at radius 3 is 2.57 bits per heavy atom. The molecular formula is C15H25N5O3. The van der Waals surface area contributed by atoms with Gasteiger partial charge in [0.1, 0.15) is 11.5 Å². The van der Waals surface area contributed by atoms with Crippen LogP contribution in [0.25, 0.3) is 0 Å². The molecule has 0 radical (unpaired) electrons. The molecule has 8 nitrogen and oxygen atoms in total. The maximum atomic E-state index is 12.2. The second kappa shape index (κ2) is 7.34. The van der Waals surface area contributed by atoms with Crippen molar-refractivity contribution in [3.63, 3.8) is 0 Å². The minimum Gasteiger partial charge on any atom is -0.383 e. The first kappa shape index (κ1) is 17.1. The molecule has 8 heteroatoms. The third-order valence-electron chi connectivity index (χ3n) is 4.16. The van der Waals surface area contributed by atoms with Gasteiger partial charge in [-0.15, -0.1) is 0 Å². The number of carbonyl (C=O) groups is 1. The van der Waals surface area contributed by atoms with E-state index in [9.17, 15) is 14.4 Å². The molecule has 128 valence electrons. The first-order valence-corrected chi connectivity index (χ1v) is 8.07. The van der Waals surface area contributed by atoms with E-state index in [1.165, 1.54) is 9.47 Å². The summed E-state index contributed by atoms with van der Waals surface area (Å²) < 4.78 is 1.36. The molecule has 0 atom stereocenters. The molecule has 1 aliphatic heterocycles. The summed E-state index contributed by atoms with van der Waals surface area (Å²) in [7, 11) is 1.64. The Morgan fingerprint density at radius 2 is 1.96 bits per heavy atom. The smallest absolute Gasteiger partial charge is 0.330 e. The molecule has 0 spiro atoms. The highest BCUT2D eigenvalue weighted by atomic mass is 16.2. The number of nitrogens with zero attached hydrogens (tertiary/aromatic N) is 3. The molecule has 1 amide bonds. The number of anilines is 2. The number of nitrogens with two attached hydrogens (primary N) is 1. The Kier molecular flexibility index (Phi) is 5.46. The van der Waals surface area contributed by atoms with E-state index in [4.69, 9.17) is 5.73 Å². The lowest BCUT2D eigenvalue weighted by molar-refractivity contribution is -0.128. The number of H-pyrrole nitrogens is 1. The number of likely N-dealkylation sites (tertiary alicyclic amines) is 1. The lowest BCUT2D eigenvalue weighted by Gasteiger charge is -2.24. The average molecular weight is 323 g/mol. The van der Waals surface area contributed by atoms with Crippen molar-refractivity contribution in [1.29, 1.82) is 0 Å².